The van der Waals surface area contributed by atoms with Crippen LogP contribution in [0.2, 0.25) is 0 Å². The molecule has 3 nitrogen and oxygen atoms in total. The van der Waals surface area contributed by atoms with Gasteiger partial charge in [-0.3, -0.25) is 4.79 Å². The first kappa shape index (κ1) is 12.2. The van der Waals surface area contributed by atoms with Crippen molar-refractivity contribution in [2.24, 2.45) is 11.8 Å². The van der Waals surface area contributed by atoms with Crippen molar-refractivity contribution in [1.29, 1.82) is 0 Å². The average Bonchev–Trinajstić information content (AvgIpc) is 2.88. The van der Waals surface area contributed by atoms with Crippen LogP contribution in [0.5, 0.6) is 0 Å². The third-order valence-electron chi connectivity index (χ3n) is 3.83. The van der Waals surface area contributed by atoms with Gasteiger partial charge in [-0.2, -0.15) is 11.8 Å². The lowest BCUT2D eigenvalue weighted by Gasteiger charge is -2.21. The summed E-state index contributed by atoms with van der Waals surface area (Å²) in [6.45, 7) is 0.672. The number of carboxylic acid groups (broad SMARTS) is 1. The van der Waals surface area contributed by atoms with Gasteiger partial charge in [0.15, 0.2) is 0 Å². The van der Waals surface area contributed by atoms with E-state index in [1.165, 1.54) is 25.7 Å². The number of thioether (sulfide) groups is 1. The van der Waals surface area contributed by atoms with Gasteiger partial charge >= 0.3 is 5.97 Å². The van der Waals surface area contributed by atoms with Crippen LogP contribution in [0.25, 0.3) is 0 Å². The van der Waals surface area contributed by atoms with E-state index in [4.69, 9.17) is 0 Å². The van der Waals surface area contributed by atoms with Crippen molar-refractivity contribution in [2.45, 2.75) is 38.1 Å². The van der Waals surface area contributed by atoms with Crippen LogP contribution in [0.15, 0.2) is 0 Å². The van der Waals surface area contributed by atoms with Gasteiger partial charge < -0.3 is 10.4 Å². The highest BCUT2D eigenvalue weighted by atomic mass is 32.2. The Labute approximate surface area is 101 Å². The van der Waals surface area contributed by atoms with E-state index in [2.05, 4.69) is 5.32 Å². The van der Waals surface area contributed by atoms with Crippen molar-refractivity contribution in [3.05, 3.63) is 0 Å². The fourth-order valence-electron chi connectivity index (χ4n) is 2.75. The summed E-state index contributed by atoms with van der Waals surface area (Å²) in [7, 11) is 0. The molecular formula is C12H21NO2S. The number of hydrogen-bond donors (Lipinski definition) is 2. The van der Waals surface area contributed by atoms with Crippen molar-refractivity contribution in [3.63, 3.8) is 0 Å². The standard InChI is InChI=1S/C12H21NO2S/c14-12(15)11(9-5-6-16-8-9)7-13-10-3-1-2-4-10/h9-11,13H,1-8H2,(H,14,15). The van der Waals surface area contributed by atoms with Crippen LogP contribution in [0.3, 0.4) is 0 Å². The minimum Gasteiger partial charge on any atom is -0.481 e. The molecule has 0 amide bonds. The Balaban J connectivity index is 1.79. The number of rotatable bonds is 5. The number of aliphatic carboxylic acids is 1. The molecule has 0 bridgehead atoms. The van der Waals surface area contributed by atoms with Gasteiger partial charge in [0.2, 0.25) is 0 Å². The fraction of sp³-hybridized carbons (Fsp3) is 0.917. The minimum atomic E-state index is -0.613. The molecule has 1 heterocycles. The number of hydrogen-bond acceptors (Lipinski definition) is 3. The third kappa shape index (κ3) is 3.14. The predicted molar refractivity (Wildman–Crippen MR) is 66.8 cm³/mol. The lowest BCUT2D eigenvalue weighted by atomic mass is 9.91. The molecule has 0 aromatic rings. The smallest absolute Gasteiger partial charge is 0.308 e. The molecule has 4 heteroatoms. The Morgan fingerprint density at radius 3 is 2.69 bits per heavy atom. The summed E-state index contributed by atoms with van der Waals surface area (Å²) in [5.41, 5.74) is 0. The summed E-state index contributed by atoms with van der Waals surface area (Å²) < 4.78 is 0. The summed E-state index contributed by atoms with van der Waals surface area (Å²) in [6, 6.07) is 0.580. The highest BCUT2D eigenvalue weighted by Crippen LogP contribution is 2.30. The fourth-order valence-corrected chi connectivity index (χ4v) is 4.09. The zero-order valence-corrected chi connectivity index (χ0v) is 10.5. The zero-order chi connectivity index (χ0) is 11.4. The number of carboxylic acids is 1. The van der Waals surface area contributed by atoms with Crippen LogP contribution >= 0.6 is 11.8 Å². The average molecular weight is 243 g/mol. The maximum atomic E-state index is 11.2. The highest BCUT2D eigenvalue weighted by Gasteiger charge is 2.31. The molecule has 0 aromatic heterocycles. The van der Waals surface area contributed by atoms with Crippen LogP contribution in [0.4, 0.5) is 0 Å². The molecule has 0 spiro atoms. The summed E-state index contributed by atoms with van der Waals surface area (Å²) in [5.74, 6) is 1.77. The monoisotopic (exact) mass is 243 g/mol. The van der Waals surface area contributed by atoms with E-state index in [0.29, 0.717) is 18.5 Å². The summed E-state index contributed by atoms with van der Waals surface area (Å²) in [4.78, 5) is 11.2. The van der Waals surface area contributed by atoms with Crippen molar-refractivity contribution < 1.29 is 9.90 Å². The van der Waals surface area contributed by atoms with E-state index >= 15 is 0 Å². The second-order valence-electron chi connectivity index (χ2n) is 4.96. The van der Waals surface area contributed by atoms with Crippen LogP contribution in [0, 0.1) is 11.8 Å². The Hall–Kier alpha value is -0.220. The van der Waals surface area contributed by atoms with E-state index in [1.807, 2.05) is 11.8 Å². The molecule has 1 aliphatic heterocycles. The van der Waals surface area contributed by atoms with Gasteiger partial charge in [-0.05, 0) is 36.7 Å². The van der Waals surface area contributed by atoms with Gasteiger partial charge in [0, 0.05) is 12.6 Å². The van der Waals surface area contributed by atoms with Crippen molar-refractivity contribution >= 4 is 17.7 Å². The Bertz CT molecular complexity index is 235. The van der Waals surface area contributed by atoms with Crippen LogP contribution < -0.4 is 5.32 Å². The summed E-state index contributed by atoms with van der Waals surface area (Å²) >= 11 is 1.89. The van der Waals surface area contributed by atoms with E-state index in [0.717, 1.165) is 17.9 Å². The van der Waals surface area contributed by atoms with E-state index in [9.17, 15) is 9.90 Å². The molecule has 2 atom stereocenters. The van der Waals surface area contributed by atoms with Gasteiger partial charge in [0.25, 0.3) is 0 Å². The topological polar surface area (TPSA) is 49.3 Å². The highest BCUT2D eigenvalue weighted by molar-refractivity contribution is 7.99. The quantitative estimate of drug-likeness (QED) is 0.775. The first-order valence-corrected chi connectivity index (χ1v) is 7.47. The summed E-state index contributed by atoms with van der Waals surface area (Å²) in [5, 5.41) is 12.7. The van der Waals surface area contributed by atoms with Gasteiger partial charge in [0.05, 0.1) is 5.92 Å². The molecule has 2 N–H and O–H groups in total. The molecule has 2 fully saturated rings. The molecule has 92 valence electrons. The van der Waals surface area contributed by atoms with Crippen LogP contribution in [-0.2, 0) is 4.79 Å². The Morgan fingerprint density at radius 1 is 1.38 bits per heavy atom. The van der Waals surface area contributed by atoms with Crippen molar-refractivity contribution in [1.82, 2.24) is 5.32 Å². The Kier molecular flexibility index (Phi) is 4.53. The van der Waals surface area contributed by atoms with Crippen molar-refractivity contribution in [3.8, 4) is 0 Å². The molecule has 2 aliphatic rings. The van der Waals surface area contributed by atoms with Gasteiger partial charge in [-0.15, -0.1) is 0 Å². The Morgan fingerprint density at radius 2 is 2.12 bits per heavy atom. The second-order valence-corrected chi connectivity index (χ2v) is 6.11. The normalized spacial score (nSPS) is 28.4. The van der Waals surface area contributed by atoms with E-state index in [1.54, 1.807) is 0 Å². The maximum absolute atomic E-state index is 11.2. The van der Waals surface area contributed by atoms with Gasteiger partial charge in [0.1, 0.15) is 0 Å². The molecule has 2 unspecified atom stereocenters. The van der Waals surface area contributed by atoms with E-state index < -0.39 is 5.97 Å². The van der Waals surface area contributed by atoms with Crippen LogP contribution in [-0.4, -0.2) is 35.2 Å². The number of carbonyl (C=O) groups is 1. The van der Waals surface area contributed by atoms with Gasteiger partial charge in [-0.25, -0.2) is 0 Å². The molecule has 16 heavy (non-hydrogen) atoms. The molecule has 1 saturated carbocycles. The minimum absolute atomic E-state index is 0.171. The molecule has 0 radical (unpaired) electrons. The predicted octanol–water partition coefficient (Wildman–Crippen LogP) is 1.97. The SMILES string of the molecule is O=C(O)C(CNC1CCCC1)C1CCSC1. The molecule has 0 aromatic carbocycles. The largest absolute Gasteiger partial charge is 0.481 e. The van der Waals surface area contributed by atoms with Gasteiger partial charge in [-0.1, -0.05) is 12.8 Å². The lowest BCUT2D eigenvalue weighted by molar-refractivity contribution is -0.143. The molecule has 2 rings (SSSR count). The van der Waals surface area contributed by atoms with Crippen LogP contribution in [0.1, 0.15) is 32.1 Å². The molecule has 1 aliphatic carbocycles. The maximum Gasteiger partial charge on any atom is 0.308 e. The third-order valence-corrected chi connectivity index (χ3v) is 5.02. The summed E-state index contributed by atoms with van der Waals surface area (Å²) in [6.07, 6.45) is 6.13. The first-order valence-electron chi connectivity index (χ1n) is 6.31. The second kappa shape index (κ2) is 5.92. The molecular weight excluding hydrogens is 222 g/mol. The lowest BCUT2D eigenvalue weighted by Crippen LogP contribution is -2.38. The van der Waals surface area contributed by atoms with E-state index in [-0.39, 0.29) is 5.92 Å². The van der Waals surface area contributed by atoms with Crippen molar-refractivity contribution in [2.75, 3.05) is 18.1 Å². The number of nitrogens with one attached hydrogen (secondary N) is 1. The zero-order valence-electron chi connectivity index (χ0n) is 9.65. The molecule has 1 saturated heterocycles. The first-order chi connectivity index (χ1) is 7.77.